The van der Waals surface area contributed by atoms with Crippen molar-refractivity contribution in [3.05, 3.63) is 24.3 Å². The predicted molar refractivity (Wildman–Crippen MR) is 55.4 cm³/mol. The van der Waals surface area contributed by atoms with Gasteiger partial charge in [0, 0.05) is 5.71 Å². The second kappa shape index (κ2) is 4.50. The van der Waals surface area contributed by atoms with Crippen LogP contribution in [0.2, 0.25) is 0 Å². The summed E-state index contributed by atoms with van der Waals surface area (Å²) in [6.45, 7) is 3.88. The summed E-state index contributed by atoms with van der Waals surface area (Å²) < 4.78 is 5.03. The van der Waals surface area contributed by atoms with Crippen LogP contribution < -0.4 is 10.2 Å². The number of benzene rings is 1. The lowest BCUT2D eigenvalue weighted by molar-refractivity contribution is 0.415. The van der Waals surface area contributed by atoms with Gasteiger partial charge in [0.25, 0.3) is 0 Å². The molecule has 3 heteroatoms. The van der Waals surface area contributed by atoms with Crippen LogP contribution >= 0.6 is 0 Å². The number of methoxy groups -OCH3 is 1. The van der Waals surface area contributed by atoms with Crippen molar-refractivity contribution >= 4 is 11.4 Å². The molecule has 70 valence electrons. The fraction of sp³-hybridized carbons (Fsp3) is 0.300. The Hall–Kier alpha value is -1.51. The van der Waals surface area contributed by atoms with Gasteiger partial charge in [-0.1, -0.05) is 0 Å². The fourth-order valence-corrected chi connectivity index (χ4v) is 0.842. The summed E-state index contributed by atoms with van der Waals surface area (Å²) in [7, 11) is 1.65. The van der Waals surface area contributed by atoms with E-state index in [1.54, 1.807) is 7.11 Å². The third kappa shape index (κ3) is 3.15. The van der Waals surface area contributed by atoms with Crippen LogP contribution in [0.4, 0.5) is 5.69 Å². The first-order valence-corrected chi connectivity index (χ1v) is 4.13. The Labute approximate surface area is 78.4 Å². The van der Waals surface area contributed by atoms with E-state index in [1.165, 1.54) is 0 Å². The number of rotatable bonds is 3. The maximum Gasteiger partial charge on any atom is 0.119 e. The molecule has 0 amide bonds. The van der Waals surface area contributed by atoms with Crippen molar-refractivity contribution < 1.29 is 4.74 Å². The van der Waals surface area contributed by atoms with Gasteiger partial charge < -0.3 is 4.74 Å². The van der Waals surface area contributed by atoms with Gasteiger partial charge in [0.1, 0.15) is 5.75 Å². The van der Waals surface area contributed by atoms with Gasteiger partial charge in [-0.2, -0.15) is 5.10 Å². The Morgan fingerprint density at radius 2 is 1.85 bits per heavy atom. The van der Waals surface area contributed by atoms with Gasteiger partial charge >= 0.3 is 0 Å². The Balaban J connectivity index is 2.64. The second-order valence-corrected chi connectivity index (χ2v) is 2.90. The minimum Gasteiger partial charge on any atom is -0.497 e. The first-order chi connectivity index (χ1) is 6.22. The number of ether oxygens (including phenoxy) is 1. The van der Waals surface area contributed by atoms with Crippen LogP contribution in [0.3, 0.4) is 0 Å². The molecule has 0 fully saturated rings. The average molecular weight is 178 g/mol. The highest BCUT2D eigenvalue weighted by Crippen LogP contribution is 2.14. The fourth-order valence-electron chi connectivity index (χ4n) is 0.842. The van der Waals surface area contributed by atoms with Gasteiger partial charge in [-0.05, 0) is 38.1 Å². The smallest absolute Gasteiger partial charge is 0.119 e. The largest absolute Gasteiger partial charge is 0.497 e. The second-order valence-electron chi connectivity index (χ2n) is 2.90. The third-order valence-electron chi connectivity index (χ3n) is 1.50. The summed E-state index contributed by atoms with van der Waals surface area (Å²) in [6.07, 6.45) is 0. The molecule has 0 aliphatic heterocycles. The van der Waals surface area contributed by atoms with Crippen molar-refractivity contribution in [2.45, 2.75) is 13.8 Å². The van der Waals surface area contributed by atoms with Crippen molar-refractivity contribution in [2.75, 3.05) is 12.5 Å². The van der Waals surface area contributed by atoms with E-state index in [-0.39, 0.29) is 0 Å². The van der Waals surface area contributed by atoms with E-state index in [9.17, 15) is 0 Å². The van der Waals surface area contributed by atoms with E-state index in [2.05, 4.69) is 10.5 Å². The first kappa shape index (κ1) is 9.58. The van der Waals surface area contributed by atoms with Crippen LogP contribution in [0, 0.1) is 0 Å². The van der Waals surface area contributed by atoms with Gasteiger partial charge in [-0.3, -0.25) is 5.43 Å². The molecule has 0 aromatic heterocycles. The van der Waals surface area contributed by atoms with E-state index in [0.717, 1.165) is 17.1 Å². The first-order valence-electron chi connectivity index (χ1n) is 4.13. The summed E-state index contributed by atoms with van der Waals surface area (Å²) in [4.78, 5) is 0. The number of hydrogen-bond donors (Lipinski definition) is 1. The number of hydrazone groups is 1. The van der Waals surface area contributed by atoms with E-state index in [0.29, 0.717) is 0 Å². The minimum atomic E-state index is 0.850. The van der Waals surface area contributed by atoms with Crippen LogP contribution in [-0.2, 0) is 0 Å². The number of nitrogens with one attached hydrogen (secondary N) is 1. The molecule has 0 bridgehead atoms. The average Bonchev–Trinajstić information content (AvgIpc) is 2.15. The standard InChI is InChI=1S/C10H14N2O/c1-8(2)11-12-9-4-6-10(13-3)7-5-9/h4-7,12H,1-3H3. The third-order valence-corrected chi connectivity index (χ3v) is 1.50. The zero-order valence-corrected chi connectivity index (χ0v) is 8.16. The normalized spacial score (nSPS) is 9.15. The van der Waals surface area contributed by atoms with Crippen LogP contribution in [0.15, 0.2) is 29.4 Å². The molecule has 3 nitrogen and oxygen atoms in total. The molecule has 1 rings (SSSR count). The SMILES string of the molecule is COc1ccc(NN=C(C)C)cc1. The highest BCUT2D eigenvalue weighted by Gasteiger charge is 1.91. The molecule has 0 spiro atoms. The van der Waals surface area contributed by atoms with Crippen molar-refractivity contribution in [3.63, 3.8) is 0 Å². The lowest BCUT2D eigenvalue weighted by Crippen LogP contribution is -1.92. The molecular formula is C10H14N2O. The van der Waals surface area contributed by atoms with Gasteiger partial charge in [-0.25, -0.2) is 0 Å². The molecule has 0 radical (unpaired) electrons. The molecule has 1 N–H and O–H groups in total. The number of nitrogens with zero attached hydrogens (tertiary/aromatic N) is 1. The quantitative estimate of drug-likeness (QED) is 0.570. The molecular weight excluding hydrogens is 164 g/mol. The van der Waals surface area contributed by atoms with Gasteiger partial charge in [0.2, 0.25) is 0 Å². The summed E-state index contributed by atoms with van der Waals surface area (Å²) in [5.41, 5.74) is 4.88. The number of hydrogen-bond acceptors (Lipinski definition) is 3. The molecule has 0 saturated heterocycles. The van der Waals surface area contributed by atoms with E-state index < -0.39 is 0 Å². The van der Waals surface area contributed by atoms with Crippen LogP contribution in [0.25, 0.3) is 0 Å². The Bertz CT molecular complexity index is 286. The molecule has 0 unspecified atom stereocenters. The molecule has 1 aromatic carbocycles. The highest BCUT2D eigenvalue weighted by molar-refractivity contribution is 5.79. The lowest BCUT2D eigenvalue weighted by Gasteiger charge is -2.02. The summed E-state index contributed by atoms with van der Waals surface area (Å²) in [5.74, 6) is 0.850. The van der Waals surface area contributed by atoms with Crippen molar-refractivity contribution in [2.24, 2.45) is 5.10 Å². The zero-order chi connectivity index (χ0) is 9.68. The summed E-state index contributed by atoms with van der Waals surface area (Å²) in [6, 6.07) is 7.63. The topological polar surface area (TPSA) is 33.6 Å². The molecule has 0 saturated carbocycles. The summed E-state index contributed by atoms with van der Waals surface area (Å²) >= 11 is 0. The minimum absolute atomic E-state index is 0.850. The van der Waals surface area contributed by atoms with E-state index >= 15 is 0 Å². The van der Waals surface area contributed by atoms with E-state index in [1.807, 2.05) is 38.1 Å². The lowest BCUT2D eigenvalue weighted by atomic mass is 10.3. The van der Waals surface area contributed by atoms with Crippen LogP contribution in [-0.4, -0.2) is 12.8 Å². The van der Waals surface area contributed by atoms with Gasteiger partial charge in [-0.15, -0.1) is 0 Å². The molecule has 0 aliphatic rings. The highest BCUT2D eigenvalue weighted by atomic mass is 16.5. The zero-order valence-electron chi connectivity index (χ0n) is 8.16. The molecule has 0 heterocycles. The molecule has 0 aliphatic carbocycles. The van der Waals surface area contributed by atoms with Crippen molar-refractivity contribution in [3.8, 4) is 5.75 Å². The molecule has 1 aromatic rings. The monoisotopic (exact) mass is 178 g/mol. The van der Waals surface area contributed by atoms with Gasteiger partial charge in [0.05, 0.1) is 12.8 Å². The van der Waals surface area contributed by atoms with Crippen molar-refractivity contribution in [1.82, 2.24) is 0 Å². The summed E-state index contributed by atoms with van der Waals surface area (Å²) in [5, 5.41) is 4.08. The van der Waals surface area contributed by atoms with Gasteiger partial charge in [0.15, 0.2) is 0 Å². The Morgan fingerprint density at radius 1 is 1.23 bits per heavy atom. The Kier molecular flexibility index (Phi) is 3.31. The predicted octanol–water partition coefficient (Wildman–Crippen LogP) is 2.50. The van der Waals surface area contributed by atoms with Crippen LogP contribution in [0.1, 0.15) is 13.8 Å². The maximum absolute atomic E-state index is 5.03. The van der Waals surface area contributed by atoms with Crippen molar-refractivity contribution in [1.29, 1.82) is 0 Å². The Morgan fingerprint density at radius 3 is 2.31 bits per heavy atom. The molecule has 13 heavy (non-hydrogen) atoms. The van der Waals surface area contributed by atoms with Crippen LogP contribution in [0.5, 0.6) is 5.75 Å². The number of anilines is 1. The molecule has 0 atom stereocenters. The maximum atomic E-state index is 5.03. The van der Waals surface area contributed by atoms with E-state index in [4.69, 9.17) is 4.74 Å².